The third kappa shape index (κ3) is 6.06. The van der Waals surface area contributed by atoms with E-state index in [9.17, 15) is 22.8 Å². The molecule has 0 saturated heterocycles. The van der Waals surface area contributed by atoms with E-state index in [0.29, 0.717) is 16.9 Å². The quantitative estimate of drug-likeness (QED) is 0.438. The second-order valence-electron chi connectivity index (χ2n) is 6.56. The molecule has 0 aliphatic carbocycles. The van der Waals surface area contributed by atoms with E-state index in [4.69, 9.17) is 6.42 Å². The van der Waals surface area contributed by atoms with Crippen molar-refractivity contribution in [1.29, 1.82) is 0 Å². The second-order valence-corrected chi connectivity index (χ2v) is 6.56. The van der Waals surface area contributed by atoms with E-state index in [0.717, 1.165) is 12.1 Å². The number of nitrogens with one attached hydrogen (secondary N) is 2. The minimum absolute atomic E-state index is 0.0218. The predicted octanol–water partition coefficient (Wildman–Crippen LogP) is 4.99. The highest BCUT2D eigenvalue weighted by Gasteiger charge is 2.30. The van der Waals surface area contributed by atoms with E-state index in [2.05, 4.69) is 21.5 Å². The summed E-state index contributed by atoms with van der Waals surface area (Å²) in [4.78, 5) is 28.5. The molecule has 5 nitrogen and oxygen atoms in total. The Morgan fingerprint density at radius 3 is 2.47 bits per heavy atom. The number of aromatic nitrogens is 1. The van der Waals surface area contributed by atoms with Gasteiger partial charge in [0, 0.05) is 29.1 Å². The van der Waals surface area contributed by atoms with Gasteiger partial charge in [-0.05, 0) is 54.1 Å². The third-order valence-electron chi connectivity index (χ3n) is 4.21. The molecule has 0 atom stereocenters. The van der Waals surface area contributed by atoms with Gasteiger partial charge in [0.1, 0.15) is 5.82 Å². The van der Waals surface area contributed by atoms with Crippen molar-refractivity contribution in [3.63, 3.8) is 0 Å². The summed E-state index contributed by atoms with van der Waals surface area (Å²) in [7, 11) is 0. The van der Waals surface area contributed by atoms with Crippen LogP contribution in [0.2, 0.25) is 0 Å². The molecule has 1 heterocycles. The zero-order chi connectivity index (χ0) is 23.1. The smallest absolute Gasteiger partial charge is 0.322 e. The molecule has 32 heavy (non-hydrogen) atoms. The van der Waals surface area contributed by atoms with Gasteiger partial charge in [0.15, 0.2) is 0 Å². The molecular formula is C24H16F3N3O2. The van der Waals surface area contributed by atoms with E-state index in [1.54, 1.807) is 24.3 Å². The van der Waals surface area contributed by atoms with Crippen LogP contribution in [0.3, 0.4) is 0 Å². The summed E-state index contributed by atoms with van der Waals surface area (Å²) < 4.78 is 38.5. The molecule has 1 aromatic heterocycles. The zero-order valence-corrected chi connectivity index (χ0v) is 16.5. The first-order valence-corrected chi connectivity index (χ1v) is 9.25. The molecule has 3 aromatic rings. The Balaban J connectivity index is 1.66. The van der Waals surface area contributed by atoms with Crippen molar-refractivity contribution in [2.24, 2.45) is 0 Å². The second kappa shape index (κ2) is 9.62. The van der Waals surface area contributed by atoms with Crippen LogP contribution in [0.1, 0.15) is 27.0 Å². The molecule has 0 saturated carbocycles. The van der Waals surface area contributed by atoms with Crippen LogP contribution in [0, 0.1) is 12.3 Å². The average molecular weight is 435 g/mol. The summed E-state index contributed by atoms with van der Waals surface area (Å²) in [5.41, 5.74) is 0.512. The fourth-order valence-corrected chi connectivity index (χ4v) is 2.65. The van der Waals surface area contributed by atoms with Crippen molar-refractivity contribution in [2.75, 3.05) is 10.6 Å². The largest absolute Gasteiger partial charge is 0.416 e. The molecule has 2 amide bonds. The Kier molecular flexibility index (Phi) is 6.71. The topological polar surface area (TPSA) is 71.1 Å². The Labute approximate surface area is 182 Å². The summed E-state index contributed by atoms with van der Waals surface area (Å²) in [5.74, 6) is 1.73. The Hall–Kier alpha value is -4.38. The molecule has 160 valence electrons. The number of anilines is 2. The van der Waals surface area contributed by atoms with Crippen LogP contribution in [0.25, 0.3) is 6.08 Å². The molecule has 0 aliphatic heterocycles. The van der Waals surface area contributed by atoms with Gasteiger partial charge in [-0.3, -0.25) is 9.59 Å². The summed E-state index contributed by atoms with van der Waals surface area (Å²) in [6.45, 7) is 0. The number of benzene rings is 2. The van der Waals surface area contributed by atoms with Gasteiger partial charge in [0.25, 0.3) is 5.91 Å². The van der Waals surface area contributed by atoms with Crippen LogP contribution < -0.4 is 10.6 Å². The van der Waals surface area contributed by atoms with Gasteiger partial charge in [0.2, 0.25) is 5.91 Å². The standard InChI is InChI=1S/C24H16F3N3O2/c1-2-16-9-11-21(28-15-16)30-22(31)12-10-17-5-3-6-18(13-17)23(32)29-20-8-4-7-19(14-20)24(25,26)27/h1,3-15H,(H,29,32)(H,28,30,31)/b12-10+. The number of terminal acetylenes is 1. The highest BCUT2D eigenvalue weighted by molar-refractivity contribution is 6.05. The first-order chi connectivity index (χ1) is 15.2. The van der Waals surface area contributed by atoms with E-state index >= 15 is 0 Å². The predicted molar refractivity (Wildman–Crippen MR) is 116 cm³/mol. The molecule has 0 aliphatic rings. The first kappa shape index (κ1) is 22.3. The SMILES string of the molecule is C#Cc1ccc(NC(=O)/C=C/c2cccc(C(=O)Nc3cccc(C(F)(F)F)c3)c2)nc1. The summed E-state index contributed by atoms with van der Waals surface area (Å²) in [5, 5.41) is 5.01. The number of carbonyl (C=O) groups excluding carboxylic acids is 2. The number of alkyl halides is 3. The maximum absolute atomic E-state index is 12.8. The minimum atomic E-state index is -4.51. The Morgan fingerprint density at radius 2 is 1.78 bits per heavy atom. The minimum Gasteiger partial charge on any atom is -0.322 e. The number of rotatable bonds is 5. The maximum atomic E-state index is 12.8. The average Bonchev–Trinajstić information content (AvgIpc) is 2.78. The maximum Gasteiger partial charge on any atom is 0.416 e. The summed E-state index contributed by atoms with van der Waals surface area (Å²) in [6.07, 6.45) is 4.95. The molecule has 2 aromatic carbocycles. The monoisotopic (exact) mass is 435 g/mol. The van der Waals surface area contributed by atoms with Crippen molar-refractivity contribution in [1.82, 2.24) is 4.98 Å². The summed E-state index contributed by atoms with van der Waals surface area (Å²) >= 11 is 0. The number of pyridine rings is 1. The highest BCUT2D eigenvalue weighted by atomic mass is 19.4. The molecular weight excluding hydrogens is 419 g/mol. The summed E-state index contributed by atoms with van der Waals surface area (Å²) in [6, 6.07) is 13.9. The van der Waals surface area contributed by atoms with Crippen molar-refractivity contribution in [3.05, 3.63) is 95.2 Å². The fraction of sp³-hybridized carbons (Fsp3) is 0.0417. The Bertz CT molecular complexity index is 1210. The van der Waals surface area contributed by atoms with Crippen LogP contribution >= 0.6 is 0 Å². The van der Waals surface area contributed by atoms with Gasteiger partial charge in [-0.2, -0.15) is 13.2 Å². The molecule has 3 rings (SSSR count). The number of amides is 2. The van der Waals surface area contributed by atoms with Gasteiger partial charge in [-0.25, -0.2) is 4.98 Å². The number of halogens is 3. The van der Waals surface area contributed by atoms with Crippen LogP contribution in [-0.4, -0.2) is 16.8 Å². The zero-order valence-electron chi connectivity index (χ0n) is 16.5. The Morgan fingerprint density at radius 1 is 1.00 bits per heavy atom. The molecule has 0 unspecified atom stereocenters. The molecule has 8 heteroatoms. The van der Waals surface area contributed by atoms with E-state index < -0.39 is 23.6 Å². The fourth-order valence-electron chi connectivity index (χ4n) is 2.65. The van der Waals surface area contributed by atoms with Gasteiger partial charge >= 0.3 is 6.18 Å². The van der Waals surface area contributed by atoms with Crippen molar-refractivity contribution in [3.8, 4) is 12.3 Å². The lowest BCUT2D eigenvalue weighted by atomic mass is 10.1. The number of hydrogen-bond acceptors (Lipinski definition) is 3. The van der Waals surface area contributed by atoms with Crippen LogP contribution in [0.4, 0.5) is 24.7 Å². The lowest BCUT2D eigenvalue weighted by Gasteiger charge is -2.10. The van der Waals surface area contributed by atoms with Gasteiger partial charge in [0.05, 0.1) is 5.56 Å². The molecule has 0 spiro atoms. The van der Waals surface area contributed by atoms with Gasteiger partial charge in [-0.15, -0.1) is 6.42 Å². The third-order valence-corrected chi connectivity index (χ3v) is 4.21. The van der Waals surface area contributed by atoms with E-state index in [1.165, 1.54) is 42.6 Å². The molecule has 0 fully saturated rings. The van der Waals surface area contributed by atoms with Gasteiger partial charge < -0.3 is 10.6 Å². The van der Waals surface area contributed by atoms with E-state index in [1.807, 2.05) is 0 Å². The lowest BCUT2D eigenvalue weighted by molar-refractivity contribution is -0.137. The van der Waals surface area contributed by atoms with Crippen molar-refractivity contribution < 1.29 is 22.8 Å². The molecule has 0 bridgehead atoms. The van der Waals surface area contributed by atoms with Crippen LogP contribution in [-0.2, 0) is 11.0 Å². The number of hydrogen-bond donors (Lipinski definition) is 2. The number of nitrogens with zero attached hydrogens (tertiary/aromatic N) is 1. The normalized spacial score (nSPS) is 11.1. The molecule has 2 N–H and O–H groups in total. The van der Waals surface area contributed by atoms with Crippen molar-refractivity contribution >= 4 is 29.4 Å². The molecule has 0 radical (unpaired) electrons. The van der Waals surface area contributed by atoms with Crippen LogP contribution in [0.5, 0.6) is 0 Å². The van der Waals surface area contributed by atoms with E-state index in [-0.39, 0.29) is 11.3 Å². The highest BCUT2D eigenvalue weighted by Crippen LogP contribution is 2.30. The van der Waals surface area contributed by atoms with Crippen molar-refractivity contribution in [2.45, 2.75) is 6.18 Å². The van der Waals surface area contributed by atoms with Crippen LogP contribution in [0.15, 0.2) is 72.9 Å². The van der Waals surface area contributed by atoms with Gasteiger partial charge in [-0.1, -0.05) is 24.1 Å². The first-order valence-electron chi connectivity index (χ1n) is 9.25. The number of carbonyl (C=O) groups is 2. The lowest BCUT2D eigenvalue weighted by Crippen LogP contribution is -2.13.